The summed E-state index contributed by atoms with van der Waals surface area (Å²) in [5.74, 6) is -2.23. The van der Waals surface area contributed by atoms with Crippen molar-refractivity contribution in [3.05, 3.63) is 29.6 Å². The second-order valence-corrected chi connectivity index (χ2v) is 6.42. The van der Waals surface area contributed by atoms with E-state index in [1.165, 1.54) is 0 Å². The van der Waals surface area contributed by atoms with Crippen molar-refractivity contribution in [3.8, 4) is 0 Å². The third kappa shape index (κ3) is 6.53. The third-order valence-electron chi connectivity index (χ3n) is 2.62. The van der Waals surface area contributed by atoms with Gasteiger partial charge in [0.15, 0.2) is 0 Å². The minimum Gasteiger partial charge on any atom is -0.481 e. The average Bonchev–Trinajstić information content (AvgIpc) is 2.38. The minimum atomic E-state index is -3.60. The Morgan fingerprint density at radius 3 is 2.55 bits per heavy atom. The Bertz CT molecular complexity index is 660. The molecule has 0 fully saturated rings. The van der Waals surface area contributed by atoms with E-state index in [0.29, 0.717) is 12.8 Å². The molecule has 22 heavy (non-hydrogen) atoms. The molecule has 9 heteroatoms. The predicted molar refractivity (Wildman–Crippen MR) is 78.7 cm³/mol. The van der Waals surface area contributed by atoms with Gasteiger partial charge in [-0.3, -0.25) is 14.3 Å². The fraction of sp³-hybridized carbons (Fsp3) is 0.385. The number of hydrogen-bond acceptors (Lipinski definition) is 4. The van der Waals surface area contributed by atoms with Gasteiger partial charge in [0, 0.05) is 13.0 Å². The van der Waals surface area contributed by atoms with Crippen LogP contribution < -0.4 is 10.0 Å². The molecule has 0 spiro atoms. The number of nitrogens with one attached hydrogen (secondary N) is 2. The SMILES string of the molecule is CS(=O)(=O)Nc1ccc(F)cc1C(=O)NCCCCC(=O)O. The second kappa shape index (κ2) is 7.74. The molecule has 122 valence electrons. The van der Waals surface area contributed by atoms with Gasteiger partial charge in [-0.05, 0) is 31.0 Å². The lowest BCUT2D eigenvalue weighted by molar-refractivity contribution is -0.137. The standard InChI is InChI=1S/C13H17FN2O5S/c1-22(20,21)16-11-6-5-9(14)8-10(11)13(19)15-7-3-2-4-12(17)18/h5-6,8,16H,2-4,7H2,1H3,(H,15,19)(H,17,18). The van der Waals surface area contributed by atoms with Gasteiger partial charge in [0.2, 0.25) is 10.0 Å². The van der Waals surface area contributed by atoms with Crippen LogP contribution in [0.3, 0.4) is 0 Å². The summed E-state index contributed by atoms with van der Waals surface area (Å²) in [4.78, 5) is 22.3. The molecule has 1 amide bonds. The molecule has 7 nitrogen and oxygen atoms in total. The highest BCUT2D eigenvalue weighted by Crippen LogP contribution is 2.18. The summed E-state index contributed by atoms with van der Waals surface area (Å²) in [6, 6.07) is 3.13. The van der Waals surface area contributed by atoms with E-state index in [0.717, 1.165) is 24.5 Å². The van der Waals surface area contributed by atoms with E-state index in [1.54, 1.807) is 0 Å². The maximum atomic E-state index is 13.2. The van der Waals surface area contributed by atoms with Gasteiger partial charge in [-0.2, -0.15) is 0 Å². The molecule has 0 heterocycles. The van der Waals surface area contributed by atoms with Crippen LogP contribution in [0.1, 0.15) is 29.6 Å². The number of anilines is 1. The smallest absolute Gasteiger partial charge is 0.303 e. The van der Waals surface area contributed by atoms with Crippen molar-refractivity contribution in [2.24, 2.45) is 0 Å². The number of hydrogen-bond donors (Lipinski definition) is 3. The lowest BCUT2D eigenvalue weighted by Crippen LogP contribution is -2.26. The summed E-state index contributed by atoms with van der Waals surface area (Å²) >= 11 is 0. The second-order valence-electron chi connectivity index (χ2n) is 4.67. The van der Waals surface area contributed by atoms with Crippen LogP contribution in [0.15, 0.2) is 18.2 Å². The number of rotatable bonds is 8. The summed E-state index contributed by atoms with van der Waals surface area (Å²) in [6.45, 7) is 0.209. The fourth-order valence-electron chi connectivity index (χ4n) is 1.69. The number of carboxylic acid groups (broad SMARTS) is 1. The van der Waals surface area contributed by atoms with Crippen LogP contribution >= 0.6 is 0 Å². The molecular formula is C13H17FN2O5S. The summed E-state index contributed by atoms with van der Waals surface area (Å²) in [7, 11) is -3.60. The van der Waals surface area contributed by atoms with Gasteiger partial charge in [0.1, 0.15) is 5.82 Å². The maximum absolute atomic E-state index is 13.2. The van der Waals surface area contributed by atoms with Gasteiger partial charge in [0.05, 0.1) is 17.5 Å². The number of sulfonamides is 1. The molecule has 0 atom stereocenters. The van der Waals surface area contributed by atoms with E-state index in [4.69, 9.17) is 5.11 Å². The van der Waals surface area contributed by atoms with Crippen molar-refractivity contribution < 1.29 is 27.5 Å². The number of halogens is 1. The van der Waals surface area contributed by atoms with Crippen molar-refractivity contribution >= 4 is 27.6 Å². The van der Waals surface area contributed by atoms with Crippen LogP contribution in [0.5, 0.6) is 0 Å². The summed E-state index contributed by atoms with van der Waals surface area (Å²) in [5, 5.41) is 11.0. The molecule has 0 saturated carbocycles. The number of carbonyl (C=O) groups is 2. The van der Waals surface area contributed by atoms with Crippen LogP contribution in [-0.4, -0.2) is 38.2 Å². The molecule has 3 N–H and O–H groups in total. The molecule has 0 aliphatic carbocycles. The van der Waals surface area contributed by atoms with E-state index < -0.39 is 27.7 Å². The van der Waals surface area contributed by atoms with E-state index in [1.807, 2.05) is 0 Å². The van der Waals surface area contributed by atoms with E-state index in [9.17, 15) is 22.4 Å². The first-order valence-electron chi connectivity index (χ1n) is 6.46. The summed E-state index contributed by atoms with van der Waals surface area (Å²) in [5.41, 5.74) is -0.157. The Morgan fingerprint density at radius 2 is 1.95 bits per heavy atom. The van der Waals surface area contributed by atoms with Gasteiger partial charge >= 0.3 is 5.97 Å². The Balaban J connectivity index is 2.71. The van der Waals surface area contributed by atoms with Crippen molar-refractivity contribution in [2.45, 2.75) is 19.3 Å². The summed E-state index contributed by atoms with van der Waals surface area (Å²) < 4.78 is 37.9. The van der Waals surface area contributed by atoms with Crippen LogP contribution in [-0.2, 0) is 14.8 Å². The Morgan fingerprint density at radius 1 is 1.27 bits per heavy atom. The van der Waals surface area contributed by atoms with Crippen LogP contribution in [0.25, 0.3) is 0 Å². The fourth-order valence-corrected chi connectivity index (χ4v) is 2.27. The lowest BCUT2D eigenvalue weighted by Gasteiger charge is -2.11. The topological polar surface area (TPSA) is 113 Å². The van der Waals surface area contributed by atoms with Gasteiger partial charge in [-0.1, -0.05) is 0 Å². The number of benzene rings is 1. The molecule has 0 aliphatic heterocycles. The molecule has 1 aromatic carbocycles. The largest absolute Gasteiger partial charge is 0.481 e. The van der Waals surface area contributed by atoms with E-state index >= 15 is 0 Å². The first kappa shape index (κ1) is 17.9. The lowest BCUT2D eigenvalue weighted by atomic mass is 10.1. The van der Waals surface area contributed by atoms with Gasteiger partial charge in [-0.25, -0.2) is 12.8 Å². The normalized spacial score (nSPS) is 11.0. The molecule has 0 bridgehead atoms. The zero-order chi connectivity index (χ0) is 16.8. The number of amides is 1. The molecule has 0 radical (unpaired) electrons. The zero-order valence-electron chi connectivity index (χ0n) is 11.9. The molecule has 0 saturated heterocycles. The first-order valence-corrected chi connectivity index (χ1v) is 8.35. The minimum absolute atomic E-state index is 0.00325. The van der Waals surface area contributed by atoms with E-state index in [2.05, 4.69) is 10.0 Å². The highest BCUT2D eigenvalue weighted by Gasteiger charge is 2.15. The molecule has 1 rings (SSSR count). The third-order valence-corrected chi connectivity index (χ3v) is 3.22. The van der Waals surface area contributed by atoms with E-state index in [-0.39, 0.29) is 24.2 Å². The number of carbonyl (C=O) groups excluding carboxylic acids is 1. The van der Waals surface area contributed by atoms with Gasteiger partial charge < -0.3 is 10.4 Å². The van der Waals surface area contributed by atoms with Crippen molar-refractivity contribution in [3.63, 3.8) is 0 Å². The van der Waals surface area contributed by atoms with Gasteiger partial charge in [-0.15, -0.1) is 0 Å². The molecule has 0 aromatic heterocycles. The highest BCUT2D eigenvalue weighted by atomic mass is 32.2. The molecule has 0 aliphatic rings. The van der Waals surface area contributed by atoms with Crippen LogP contribution in [0.2, 0.25) is 0 Å². The predicted octanol–water partition coefficient (Wildman–Crippen LogP) is 1.18. The molecule has 1 aromatic rings. The van der Waals surface area contributed by atoms with Crippen LogP contribution in [0.4, 0.5) is 10.1 Å². The number of carboxylic acids is 1. The monoisotopic (exact) mass is 332 g/mol. The number of unbranched alkanes of at least 4 members (excludes halogenated alkanes) is 1. The average molecular weight is 332 g/mol. The maximum Gasteiger partial charge on any atom is 0.303 e. The van der Waals surface area contributed by atoms with Crippen molar-refractivity contribution in [1.82, 2.24) is 5.32 Å². The Hall–Kier alpha value is -2.16. The molecule has 0 unspecified atom stereocenters. The van der Waals surface area contributed by atoms with Crippen molar-refractivity contribution in [1.29, 1.82) is 0 Å². The number of aliphatic carboxylic acids is 1. The zero-order valence-corrected chi connectivity index (χ0v) is 12.7. The highest BCUT2D eigenvalue weighted by molar-refractivity contribution is 7.92. The quantitative estimate of drug-likeness (QED) is 0.619. The Kier molecular flexibility index (Phi) is 6.29. The first-order chi connectivity index (χ1) is 10.2. The van der Waals surface area contributed by atoms with Crippen LogP contribution in [0, 0.1) is 5.82 Å². The molecular weight excluding hydrogens is 315 g/mol. The summed E-state index contributed by atoms with van der Waals surface area (Å²) in [6.07, 6.45) is 1.76. The Labute approximate surface area is 127 Å². The van der Waals surface area contributed by atoms with Crippen molar-refractivity contribution in [2.75, 3.05) is 17.5 Å². The van der Waals surface area contributed by atoms with Gasteiger partial charge in [0.25, 0.3) is 5.91 Å².